The monoisotopic (exact) mass is 277 g/mol. The van der Waals surface area contributed by atoms with Gasteiger partial charge in [-0.1, -0.05) is 24.3 Å². The van der Waals surface area contributed by atoms with E-state index < -0.39 is 12.0 Å². The second-order valence-corrected chi connectivity index (χ2v) is 5.53. The van der Waals surface area contributed by atoms with E-state index in [4.69, 9.17) is 10.8 Å². The third-order valence-electron chi connectivity index (χ3n) is 3.80. The number of hydrogen-bond donors (Lipinski definition) is 2. The maximum Gasteiger partial charge on any atom is 0.305 e. The molecule has 20 heavy (non-hydrogen) atoms. The number of nitrogens with zero attached hydrogens (tertiary/aromatic N) is 2. The SMILES string of the molecule is CN1CCN(Cc2ccc(C(N)CC(=O)O)cc2)CC1. The highest BCUT2D eigenvalue weighted by atomic mass is 16.4. The predicted molar refractivity (Wildman–Crippen MR) is 78.4 cm³/mol. The first-order valence-electron chi connectivity index (χ1n) is 7.01. The molecule has 1 heterocycles. The summed E-state index contributed by atoms with van der Waals surface area (Å²) in [4.78, 5) is 15.4. The zero-order valence-electron chi connectivity index (χ0n) is 12.0. The minimum atomic E-state index is -0.862. The number of likely N-dealkylation sites (N-methyl/N-ethyl adjacent to an activating group) is 1. The van der Waals surface area contributed by atoms with E-state index in [0.717, 1.165) is 38.3 Å². The van der Waals surface area contributed by atoms with Gasteiger partial charge in [0.15, 0.2) is 0 Å². The molecule has 1 aromatic rings. The van der Waals surface area contributed by atoms with Crippen LogP contribution in [0.15, 0.2) is 24.3 Å². The number of hydrogen-bond acceptors (Lipinski definition) is 4. The molecule has 0 bridgehead atoms. The van der Waals surface area contributed by atoms with Crippen LogP contribution in [0.3, 0.4) is 0 Å². The fourth-order valence-corrected chi connectivity index (χ4v) is 2.44. The quantitative estimate of drug-likeness (QED) is 0.837. The summed E-state index contributed by atoms with van der Waals surface area (Å²) in [6.45, 7) is 5.36. The number of carboxylic acid groups (broad SMARTS) is 1. The average molecular weight is 277 g/mol. The zero-order valence-corrected chi connectivity index (χ0v) is 12.0. The molecular formula is C15H23N3O2. The van der Waals surface area contributed by atoms with Crippen LogP contribution in [-0.2, 0) is 11.3 Å². The number of aliphatic carboxylic acids is 1. The normalized spacial score (nSPS) is 18.9. The Hall–Kier alpha value is -1.43. The smallest absolute Gasteiger partial charge is 0.305 e. The molecule has 1 saturated heterocycles. The molecule has 1 atom stereocenters. The standard InChI is InChI=1S/C15H23N3O2/c1-17-6-8-18(9-7-17)11-12-2-4-13(5-3-12)14(16)10-15(19)20/h2-5,14H,6-11,16H2,1H3,(H,19,20). The molecule has 5 heteroatoms. The van der Waals surface area contributed by atoms with Gasteiger partial charge in [-0.2, -0.15) is 0 Å². The van der Waals surface area contributed by atoms with Gasteiger partial charge >= 0.3 is 5.97 Å². The van der Waals surface area contributed by atoms with Crippen molar-refractivity contribution >= 4 is 5.97 Å². The second-order valence-electron chi connectivity index (χ2n) is 5.53. The summed E-state index contributed by atoms with van der Waals surface area (Å²) >= 11 is 0. The first kappa shape index (κ1) is 15.0. The van der Waals surface area contributed by atoms with Gasteiger partial charge in [-0.3, -0.25) is 9.69 Å². The number of benzene rings is 1. The lowest BCUT2D eigenvalue weighted by Crippen LogP contribution is -2.43. The van der Waals surface area contributed by atoms with Crippen molar-refractivity contribution in [2.24, 2.45) is 5.73 Å². The van der Waals surface area contributed by atoms with Crippen molar-refractivity contribution in [2.45, 2.75) is 19.0 Å². The predicted octanol–water partition coefficient (Wildman–Crippen LogP) is 0.909. The molecule has 2 rings (SSSR count). The maximum absolute atomic E-state index is 10.6. The van der Waals surface area contributed by atoms with E-state index in [1.165, 1.54) is 5.56 Å². The molecule has 0 aromatic heterocycles. The third-order valence-corrected chi connectivity index (χ3v) is 3.80. The molecule has 0 aliphatic carbocycles. The zero-order chi connectivity index (χ0) is 14.5. The van der Waals surface area contributed by atoms with Crippen molar-refractivity contribution in [2.75, 3.05) is 33.2 Å². The fraction of sp³-hybridized carbons (Fsp3) is 0.533. The van der Waals surface area contributed by atoms with E-state index in [1.54, 1.807) is 0 Å². The largest absolute Gasteiger partial charge is 0.481 e. The van der Waals surface area contributed by atoms with E-state index in [0.29, 0.717) is 0 Å². The highest BCUT2D eigenvalue weighted by molar-refractivity contribution is 5.67. The van der Waals surface area contributed by atoms with Crippen LogP contribution in [0, 0.1) is 0 Å². The van der Waals surface area contributed by atoms with Crippen molar-refractivity contribution in [3.63, 3.8) is 0 Å². The van der Waals surface area contributed by atoms with Crippen molar-refractivity contribution in [1.82, 2.24) is 9.80 Å². The Morgan fingerprint density at radius 1 is 1.25 bits per heavy atom. The Balaban J connectivity index is 1.89. The molecule has 5 nitrogen and oxygen atoms in total. The van der Waals surface area contributed by atoms with Gasteiger partial charge in [0.2, 0.25) is 0 Å². The van der Waals surface area contributed by atoms with Crippen LogP contribution >= 0.6 is 0 Å². The van der Waals surface area contributed by atoms with Crippen LogP contribution in [0.25, 0.3) is 0 Å². The molecule has 0 spiro atoms. The Morgan fingerprint density at radius 3 is 2.40 bits per heavy atom. The number of piperazine rings is 1. The van der Waals surface area contributed by atoms with Crippen molar-refractivity contribution < 1.29 is 9.90 Å². The van der Waals surface area contributed by atoms with Crippen LogP contribution in [0.1, 0.15) is 23.6 Å². The molecule has 3 N–H and O–H groups in total. The van der Waals surface area contributed by atoms with Gasteiger partial charge in [-0.25, -0.2) is 0 Å². The van der Waals surface area contributed by atoms with Crippen LogP contribution < -0.4 is 5.73 Å². The highest BCUT2D eigenvalue weighted by Gasteiger charge is 2.14. The lowest BCUT2D eigenvalue weighted by molar-refractivity contribution is -0.137. The first-order chi connectivity index (χ1) is 9.54. The second kappa shape index (κ2) is 6.83. The van der Waals surface area contributed by atoms with Crippen molar-refractivity contribution in [3.8, 4) is 0 Å². The Bertz CT molecular complexity index is 439. The Labute approximate surface area is 120 Å². The van der Waals surface area contributed by atoms with Gasteiger partial charge < -0.3 is 15.7 Å². The maximum atomic E-state index is 10.6. The molecule has 1 aliphatic heterocycles. The number of nitrogens with two attached hydrogens (primary N) is 1. The van der Waals surface area contributed by atoms with Crippen LogP contribution in [0.4, 0.5) is 0 Å². The van der Waals surface area contributed by atoms with Gasteiger partial charge in [0.1, 0.15) is 0 Å². The van der Waals surface area contributed by atoms with Crippen molar-refractivity contribution in [3.05, 3.63) is 35.4 Å². The van der Waals surface area contributed by atoms with E-state index in [9.17, 15) is 4.79 Å². The van der Waals surface area contributed by atoms with Gasteiger partial charge in [0.25, 0.3) is 0 Å². The van der Waals surface area contributed by atoms with E-state index in [1.807, 2.05) is 12.1 Å². The van der Waals surface area contributed by atoms with Crippen molar-refractivity contribution in [1.29, 1.82) is 0 Å². The molecule has 1 unspecified atom stereocenters. The van der Waals surface area contributed by atoms with Gasteiger partial charge in [0.05, 0.1) is 6.42 Å². The lowest BCUT2D eigenvalue weighted by atomic mass is 10.0. The van der Waals surface area contributed by atoms with Crippen LogP contribution in [0.5, 0.6) is 0 Å². The average Bonchev–Trinajstić information content (AvgIpc) is 2.41. The number of rotatable bonds is 5. The fourth-order valence-electron chi connectivity index (χ4n) is 2.44. The summed E-state index contributed by atoms with van der Waals surface area (Å²) in [5.74, 6) is -0.862. The summed E-state index contributed by atoms with van der Waals surface area (Å²) in [5, 5.41) is 8.75. The number of carboxylic acids is 1. The molecule has 110 valence electrons. The molecule has 1 aromatic carbocycles. The molecule has 1 fully saturated rings. The third kappa shape index (κ3) is 4.30. The summed E-state index contributed by atoms with van der Waals surface area (Å²) in [5.41, 5.74) is 7.98. The van der Waals surface area contributed by atoms with Crippen LogP contribution in [0.2, 0.25) is 0 Å². The molecule has 0 amide bonds. The molecule has 0 radical (unpaired) electrons. The molecule has 1 aliphatic rings. The Kier molecular flexibility index (Phi) is 5.11. The first-order valence-corrected chi connectivity index (χ1v) is 7.01. The Morgan fingerprint density at radius 2 is 1.85 bits per heavy atom. The summed E-state index contributed by atoms with van der Waals surface area (Å²) < 4.78 is 0. The van der Waals surface area contributed by atoms with Gasteiger partial charge in [-0.05, 0) is 18.2 Å². The lowest BCUT2D eigenvalue weighted by Gasteiger charge is -2.32. The highest BCUT2D eigenvalue weighted by Crippen LogP contribution is 2.16. The van der Waals surface area contributed by atoms with Gasteiger partial charge in [0, 0.05) is 38.8 Å². The van der Waals surface area contributed by atoms with Gasteiger partial charge in [-0.15, -0.1) is 0 Å². The molecular weight excluding hydrogens is 254 g/mol. The summed E-state index contributed by atoms with van der Waals surface area (Å²) in [7, 11) is 2.15. The minimum Gasteiger partial charge on any atom is -0.481 e. The topological polar surface area (TPSA) is 69.8 Å². The number of carbonyl (C=O) groups is 1. The molecule has 0 saturated carbocycles. The van der Waals surface area contributed by atoms with E-state index in [2.05, 4.69) is 29.0 Å². The van der Waals surface area contributed by atoms with E-state index in [-0.39, 0.29) is 6.42 Å². The van der Waals surface area contributed by atoms with Crippen LogP contribution in [-0.4, -0.2) is 54.1 Å². The minimum absolute atomic E-state index is 0.0300. The summed E-state index contributed by atoms with van der Waals surface area (Å²) in [6.07, 6.45) is -0.0300. The summed E-state index contributed by atoms with van der Waals surface area (Å²) in [6, 6.07) is 7.56. The van der Waals surface area contributed by atoms with E-state index >= 15 is 0 Å².